The predicted octanol–water partition coefficient (Wildman–Crippen LogP) is 1.44. The van der Waals surface area contributed by atoms with Crippen LogP contribution < -0.4 is 10.6 Å². The van der Waals surface area contributed by atoms with Crippen LogP contribution in [0.15, 0.2) is 18.2 Å². The molecule has 1 fully saturated rings. The van der Waals surface area contributed by atoms with Gasteiger partial charge >= 0.3 is 0 Å². The molecule has 6 heteroatoms. The Labute approximate surface area is 123 Å². The van der Waals surface area contributed by atoms with Gasteiger partial charge in [-0.05, 0) is 25.0 Å². The second-order valence-electron chi connectivity index (χ2n) is 4.78. The average Bonchev–Trinajstić information content (AvgIpc) is 2.45. The summed E-state index contributed by atoms with van der Waals surface area (Å²) in [5, 5.41) is 8.75. The number of piperidine rings is 1. The van der Waals surface area contributed by atoms with Crippen molar-refractivity contribution in [2.45, 2.75) is 18.9 Å². The highest BCUT2D eigenvalue weighted by molar-refractivity contribution is 7.80. The zero-order chi connectivity index (χ0) is 14.5. The Balaban J connectivity index is 2.07. The molecule has 1 heterocycles. The average molecular weight is 298 g/mol. The van der Waals surface area contributed by atoms with Crippen LogP contribution in [-0.4, -0.2) is 42.5 Å². The number of nitrogens with zero attached hydrogens (tertiary/aromatic N) is 1. The molecule has 0 unspecified atom stereocenters. The normalized spacial score (nSPS) is 16.4. The topological polar surface area (TPSA) is 58.7 Å². The van der Waals surface area contributed by atoms with E-state index in [0.717, 1.165) is 31.6 Å². The van der Waals surface area contributed by atoms with E-state index >= 15 is 0 Å². The van der Waals surface area contributed by atoms with Crippen LogP contribution in [-0.2, 0) is 4.74 Å². The first-order valence-corrected chi connectivity index (χ1v) is 7.10. The molecule has 0 spiro atoms. The molecule has 1 aliphatic heterocycles. The zero-order valence-electron chi connectivity index (χ0n) is 11.2. The lowest BCUT2D eigenvalue weighted by molar-refractivity contribution is 0.0159. The van der Waals surface area contributed by atoms with Crippen molar-refractivity contribution in [1.29, 1.82) is 0 Å². The van der Waals surface area contributed by atoms with Crippen molar-refractivity contribution in [1.82, 2.24) is 0 Å². The van der Waals surface area contributed by atoms with Gasteiger partial charge in [-0.25, -0.2) is 4.39 Å². The fourth-order valence-corrected chi connectivity index (χ4v) is 2.71. The van der Waals surface area contributed by atoms with Crippen LogP contribution >= 0.6 is 12.2 Å². The smallest absolute Gasteiger partial charge is 0.135 e. The van der Waals surface area contributed by atoms with Gasteiger partial charge in [-0.15, -0.1) is 0 Å². The van der Waals surface area contributed by atoms with Crippen molar-refractivity contribution in [2.75, 3.05) is 31.2 Å². The van der Waals surface area contributed by atoms with Gasteiger partial charge in [-0.2, -0.15) is 0 Å². The van der Waals surface area contributed by atoms with Gasteiger partial charge in [-0.3, -0.25) is 0 Å². The van der Waals surface area contributed by atoms with Crippen LogP contribution in [0.2, 0.25) is 0 Å². The van der Waals surface area contributed by atoms with Gasteiger partial charge in [0.05, 0.1) is 24.9 Å². The first kappa shape index (κ1) is 15.2. The molecule has 4 nitrogen and oxygen atoms in total. The molecule has 0 atom stereocenters. The highest BCUT2D eigenvalue weighted by Crippen LogP contribution is 2.27. The lowest BCUT2D eigenvalue weighted by Gasteiger charge is -2.34. The number of halogens is 1. The monoisotopic (exact) mass is 298 g/mol. The fourth-order valence-electron chi connectivity index (χ4n) is 2.50. The summed E-state index contributed by atoms with van der Waals surface area (Å²) in [5.74, 6) is -0.381. The van der Waals surface area contributed by atoms with Crippen LogP contribution in [0.5, 0.6) is 0 Å². The van der Waals surface area contributed by atoms with E-state index < -0.39 is 0 Å². The summed E-state index contributed by atoms with van der Waals surface area (Å²) >= 11 is 4.95. The summed E-state index contributed by atoms with van der Waals surface area (Å²) in [4.78, 5) is 2.16. The molecule has 0 aromatic heterocycles. The highest BCUT2D eigenvalue weighted by Gasteiger charge is 2.23. The maximum Gasteiger partial charge on any atom is 0.135 e. The van der Waals surface area contributed by atoms with Gasteiger partial charge < -0.3 is 20.5 Å². The number of aliphatic hydroxyl groups is 1. The number of nitrogens with two attached hydrogens (primary N) is 1. The minimum atomic E-state index is -0.381. The molecule has 0 aliphatic carbocycles. The van der Waals surface area contributed by atoms with Crippen LogP contribution in [0.1, 0.15) is 18.4 Å². The minimum absolute atomic E-state index is 0.0374. The number of ether oxygens (including phenoxy) is 1. The number of rotatable bonds is 5. The fraction of sp³-hybridized carbons (Fsp3) is 0.500. The third kappa shape index (κ3) is 3.45. The van der Waals surface area contributed by atoms with Gasteiger partial charge in [0.2, 0.25) is 0 Å². The highest BCUT2D eigenvalue weighted by atomic mass is 32.1. The number of anilines is 1. The molecule has 3 N–H and O–H groups in total. The third-order valence-electron chi connectivity index (χ3n) is 3.47. The zero-order valence-corrected chi connectivity index (χ0v) is 12.0. The number of hydrogen-bond acceptors (Lipinski definition) is 4. The quantitative estimate of drug-likeness (QED) is 0.806. The van der Waals surface area contributed by atoms with Crippen molar-refractivity contribution in [3.63, 3.8) is 0 Å². The van der Waals surface area contributed by atoms with Gasteiger partial charge in [-0.1, -0.05) is 18.3 Å². The van der Waals surface area contributed by atoms with Crippen molar-refractivity contribution < 1.29 is 14.2 Å². The van der Waals surface area contributed by atoms with Crippen molar-refractivity contribution in [3.05, 3.63) is 29.6 Å². The minimum Gasteiger partial charge on any atom is -0.394 e. The maximum atomic E-state index is 13.9. The molecule has 0 bridgehead atoms. The van der Waals surface area contributed by atoms with E-state index in [2.05, 4.69) is 4.90 Å². The molecule has 1 aromatic rings. The predicted molar refractivity (Wildman–Crippen MR) is 80.6 cm³/mol. The summed E-state index contributed by atoms with van der Waals surface area (Å²) in [6, 6.07) is 4.88. The van der Waals surface area contributed by atoms with Gasteiger partial charge in [0.1, 0.15) is 10.8 Å². The first-order valence-electron chi connectivity index (χ1n) is 6.69. The molecule has 1 saturated heterocycles. The summed E-state index contributed by atoms with van der Waals surface area (Å²) in [7, 11) is 0. The number of thiocarbonyl (C=S) groups is 1. The SMILES string of the molecule is NC(=S)c1c(F)cccc1N1CCC(OCCO)CC1. The Morgan fingerprint density at radius 2 is 2.15 bits per heavy atom. The van der Waals surface area contributed by atoms with Crippen LogP contribution in [0.3, 0.4) is 0 Å². The lowest BCUT2D eigenvalue weighted by atomic mass is 10.0. The Morgan fingerprint density at radius 3 is 2.75 bits per heavy atom. The van der Waals surface area contributed by atoms with Gasteiger partial charge in [0.15, 0.2) is 0 Å². The maximum absolute atomic E-state index is 13.9. The van der Waals surface area contributed by atoms with E-state index in [4.69, 9.17) is 27.8 Å². The number of hydrogen-bond donors (Lipinski definition) is 2. The van der Waals surface area contributed by atoms with Gasteiger partial charge in [0.25, 0.3) is 0 Å². The molecule has 20 heavy (non-hydrogen) atoms. The second kappa shape index (κ2) is 6.97. The summed E-state index contributed by atoms with van der Waals surface area (Å²) in [6.07, 6.45) is 1.83. The van der Waals surface area contributed by atoms with E-state index in [1.807, 2.05) is 6.07 Å². The largest absolute Gasteiger partial charge is 0.394 e. The molecular weight excluding hydrogens is 279 g/mol. The van der Waals surface area contributed by atoms with Crippen LogP contribution in [0.4, 0.5) is 10.1 Å². The lowest BCUT2D eigenvalue weighted by Crippen LogP contribution is -2.38. The Bertz CT molecular complexity index is 476. The molecule has 0 radical (unpaired) electrons. The number of aliphatic hydroxyl groups excluding tert-OH is 1. The Hall–Kier alpha value is -1.24. The standard InChI is InChI=1S/C14H19FN2O2S/c15-11-2-1-3-12(13(11)14(16)20)17-6-4-10(5-7-17)19-9-8-18/h1-3,10,18H,4-9H2,(H2,16,20). The van der Waals surface area contributed by atoms with E-state index in [-0.39, 0.29) is 23.5 Å². The van der Waals surface area contributed by atoms with Gasteiger partial charge in [0, 0.05) is 18.8 Å². The van der Waals surface area contributed by atoms with Crippen molar-refractivity contribution in [3.8, 4) is 0 Å². The molecule has 1 aromatic carbocycles. The van der Waals surface area contributed by atoms with E-state index in [1.54, 1.807) is 6.07 Å². The Morgan fingerprint density at radius 1 is 1.45 bits per heavy atom. The summed E-state index contributed by atoms with van der Waals surface area (Å²) in [6.45, 7) is 1.92. The van der Waals surface area contributed by atoms with Crippen molar-refractivity contribution in [2.24, 2.45) is 5.73 Å². The molecule has 0 saturated carbocycles. The van der Waals surface area contributed by atoms with E-state index in [0.29, 0.717) is 12.2 Å². The Kier molecular flexibility index (Phi) is 5.28. The first-order chi connectivity index (χ1) is 9.63. The number of benzene rings is 1. The third-order valence-corrected chi connectivity index (χ3v) is 3.67. The molecule has 110 valence electrons. The van der Waals surface area contributed by atoms with E-state index in [9.17, 15) is 4.39 Å². The van der Waals surface area contributed by atoms with Crippen molar-refractivity contribution >= 4 is 22.9 Å². The molecular formula is C14H19FN2O2S. The molecule has 1 aliphatic rings. The van der Waals surface area contributed by atoms with Crippen LogP contribution in [0.25, 0.3) is 0 Å². The summed E-state index contributed by atoms with van der Waals surface area (Å²) in [5.41, 5.74) is 6.69. The summed E-state index contributed by atoms with van der Waals surface area (Å²) < 4.78 is 19.4. The molecule has 2 rings (SSSR count). The molecule has 0 amide bonds. The van der Waals surface area contributed by atoms with E-state index in [1.165, 1.54) is 6.07 Å². The van der Waals surface area contributed by atoms with Crippen LogP contribution in [0, 0.1) is 5.82 Å². The second-order valence-corrected chi connectivity index (χ2v) is 5.22.